The molecule has 2 aromatic heterocycles. The number of rotatable bonds is 2. The molecule has 0 spiro atoms. The van der Waals surface area contributed by atoms with Crippen molar-refractivity contribution in [2.45, 2.75) is 9.79 Å². The first-order valence-corrected chi connectivity index (χ1v) is 17.1. The largest absolute Gasteiger partial charge is 0.458 e. The smallest absolute Gasteiger partial charge is 0.270 e. The van der Waals surface area contributed by atoms with Crippen molar-refractivity contribution in [3.8, 4) is 40.2 Å². The summed E-state index contributed by atoms with van der Waals surface area (Å²) < 4.78 is 22.3. The number of nitrogens with zero attached hydrogens (tertiary/aromatic N) is 3. The Bertz CT molecular complexity index is 2690. The standard InChI is InChI=1S/C41H22BN3O3S/c1-2-10-23(11-3-1)44-26-13-5-4-12-25(26)39-41(44)40-35(22-43-39)49-34-19-7-6-14-27(34)45(40)24-20-32-38-33(21-24)48-31-18-9-16-29-37(31)42(38)36-28(46-29)15-8-17-30(36)47-32/h1-22H. The fraction of sp³-hybridized carbons (Fsp3) is 0. The van der Waals surface area contributed by atoms with E-state index in [-0.39, 0.29) is 6.71 Å². The van der Waals surface area contributed by atoms with Crippen LogP contribution in [-0.4, -0.2) is 16.3 Å². The van der Waals surface area contributed by atoms with E-state index < -0.39 is 0 Å². The molecular weight excluding hydrogens is 625 g/mol. The maximum atomic E-state index is 6.78. The van der Waals surface area contributed by atoms with E-state index in [1.54, 1.807) is 11.8 Å². The highest BCUT2D eigenvalue weighted by Gasteiger charge is 2.47. The molecule has 4 aliphatic rings. The summed E-state index contributed by atoms with van der Waals surface area (Å²) in [7, 11) is 0. The van der Waals surface area contributed by atoms with Crippen LogP contribution in [0.4, 0.5) is 17.1 Å². The first kappa shape index (κ1) is 25.9. The summed E-state index contributed by atoms with van der Waals surface area (Å²) in [6, 6.07) is 44.2. The van der Waals surface area contributed by atoms with Gasteiger partial charge >= 0.3 is 0 Å². The van der Waals surface area contributed by atoms with Gasteiger partial charge in [-0.3, -0.25) is 4.98 Å². The lowest BCUT2D eigenvalue weighted by atomic mass is 9.34. The van der Waals surface area contributed by atoms with Crippen LogP contribution in [0.2, 0.25) is 0 Å². The molecule has 0 amide bonds. The number of anilines is 3. The fourth-order valence-corrected chi connectivity index (χ4v) is 9.21. The van der Waals surface area contributed by atoms with Gasteiger partial charge in [-0.2, -0.15) is 0 Å². The van der Waals surface area contributed by atoms with Crippen molar-refractivity contribution in [2.24, 2.45) is 0 Å². The maximum absolute atomic E-state index is 6.78. The Kier molecular flexibility index (Phi) is 4.90. The van der Waals surface area contributed by atoms with Crippen LogP contribution in [0.1, 0.15) is 0 Å². The van der Waals surface area contributed by atoms with Gasteiger partial charge in [0.1, 0.15) is 34.5 Å². The van der Waals surface area contributed by atoms with Gasteiger partial charge in [0.05, 0.1) is 38.5 Å². The van der Waals surface area contributed by atoms with Crippen LogP contribution in [0.15, 0.2) is 143 Å². The summed E-state index contributed by atoms with van der Waals surface area (Å²) in [5, 5.41) is 1.11. The highest BCUT2D eigenvalue weighted by molar-refractivity contribution is 7.99. The van der Waals surface area contributed by atoms with Gasteiger partial charge in [0.25, 0.3) is 6.71 Å². The highest BCUT2D eigenvalue weighted by Crippen LogP contribution is 2.56. The number of fused-ring (bicyclic) bond motifs is 6. The van der Waals surface area contributed by atoms with Gasteiger partial charge in [0.15, 0.2) is 0 Å². The van der Waals surface area contributed by atoms with E-state index in [0.29, 0.717) is 0 Å². The fourth-order valence-electron chi connectivity index (χ4n) is 8.17. The normalized spacial score (nSPS) is 14.0. The van der Waals surface area contributed by atoms with Crippen LogP contribution in [0.5, 0.6) is 34.5 Å². The molecule has 8 heteroatoms. The van der Waals surface area contributed by atoms with Gasteiger partial charge in [-0.15, -0.1) is 0 Å². The maximum Gasteiger partial charge on any atom is 0.270 e. The minimum absolute atomic E-state index is 0.0410. The van der Waals surface area contributed by atoms with Gasteiger partial charge in [-0.25, -0.2) is 0 Å². The van der Waals surface area contributed by atoms with E-state index in [1.165, 1.54) is 0 Å². The number of benzene rings is 6. The van der Waals surface area contributed by atoms with Crippen molar-refractivity contribution in [2.75, 3.05) is 4.90 Å². The van der Waals surface area contributed by atoms with E-state index in [0.717, 1.165) is 105 Å². The number of para-hydroxylation sites is 3. The first-order valence-electron chi connectivity index (χ1n) is 16.3. The third-order valence-electron chi connectivity index (χ3n) is 10.1. The van der Waals surface area contributed by atoms with Crippen LogP contribution in [0, 0.1) is 0 Å². The van der Waals surface area contributed by atoms with Crippen molar-refractivity contribution in [1.82, 2.24) is 9.55 Å². The van der Waals surface area contributed by atoms with E-state index >= 15 is 0 Å². The zero-order valence-corrected chi connectivity index (χ0v) is 26.6. The van der Waals surface area contributed by atoms with Crippen LogP contribution in [-0.2, 0) is 0 Å². The zero-order chi connectivity index (χ0) is 31.8. The first-order chi connectivity index (χ1) is 24.3. The van der Waals surface area contributed by atoms with Gasteiger partial charge in [0.2, 0.25) is 0 Å². The molecule has 0 unspecified atom stereocenters. The second kappa shape index (κ2) is 9.27. The van der Waals surface area contributed by atoms with Gasteiger partial charge in [0, 0.05) is 50.7 Å². The molecule has 49 heavy (non-hydrogen) atoms. The molecule has 12 rings (SSSR count). The molecule has 8 aromatic rings. The second-order valence-corrected chi connectivity index (χ2v) is 13.8. The molecule has 6 heterocycles. The van der Waals surface area contributed by atoms with Crippen LogP contribution in [0.25, 0.3) is 27.6 Å². The Balaban J connectivity index is 1.17. The summed E-state index contributed by atoms with van der Waals surface area (Å²) >= 11 is 1.76. The predicted octanol–water partition coefficient (Wildman–Crippen LogP) is 8.95. The van der Waals surface area contributed by atoms with Crippen LogP contribution < -0.4 is 35.5 Å². The van der Waals surface area contributed by atoms with Crippen molar-refractivity contribution in [1.29, 1.82) is 0 Å². The summed E-state index contributed by atoms with van der Waals surface area (Å²) in [5.74, 6) is 4.85. The predicted molar refractivity (Wildman–Crippen MR) is 195 cm³/mol. The van der Waals surface area contributed by atoms with Gasteiger partial charge in [-0.05, 0) is 54.6 Å². The molecular formula is C41H22BN3O3S. The molecule has 6 nitrogen and oxygen atoms in total. The highest BCUT2D eigenvalue weighted by atomic mass is 32.2. The van der Waals surface area contributed by atoms with Crippen molar-refractivity contribution < 1.29 is 14.2 Å². The Morgan fingerprint density at radius 3 is 1.90 bits per heavy atom. The number of hydrogen-bond donors (Lipinski definition) is 0. The molecule has 0 bridgehead atoms. The van der Waals surface area contributed by atoms with E-state index in [2.05, 4.69) is 100 Å². The van der Waals surface area contributed by atoms with E-state index in [1.807, 2.05) is 42.6 Å². The van der Waals surface area contributed by atoms with E-state index in [4.69, 9.17) is 19.2 Å². The Hall–Kier alpha value is -6.12. The van der Waals surface area contributed by atoms with Crippen molar-refractivity contribution in [3.63, 3.8) is 0 Å². The lowest BCUT2D eigenvalue weighted by Gasteiger charge is -2.39. The zero-order valence-electron chi connectivity index (χ0n) is 25.8. The summed E-state index contributed by atoms with van der Waals surface area (Å²) in [5.41, 5.74) is 10.5. The number of hydrogen-bond acceptors (Lipinski definition) is 6. The quantitative estimate of drug-likeness (QED) is 0.175. The molecule has 0 saturated heterocycles. The molecule has 6 aromatic carbocycles. The molecule has 0 radical (unpaired) electrons. The number of aromatic nitrogens is 2. The topological polar surface area (TPSA) is 48.8 Å². The minimum atomic E-state index is -0.0410. The van der Waals surface area contributed by atoms with Crippen molar-refractivity contribution in [3.05, 3.63) is 134 Å². The summed E-state index contributed by atoms with van der Waals surface area (Å²) in [4.78, 5) is 9.73. The molecule has 228 valence electrons. The average Bonchev–Trinajstić information content (AvgIpc) is 3.49. The Morgan fingerprint density at radius 1 is 0.551 bits per heavy atom. The molecule has 0 N–H and O–H groups in total. The molecule has 4 aliphatic heterocycles. The summed E-state index contributed by atoms with van der Waals surface area (Å²) in [6.07, 6.45) is 2.03. The van der Waals surface area contributed by atoms with Gasteiger partial charge in [-0.1, -0.05) is 72.4 Å². The second-order valence-electron chi connectivity index (χ2n) is 12.7. The number of pyridine rings is 1. The Labute approximate surface area is 285 Å². The van der Waals surface area contributed by atoms with Crippen molar-refractivity contribution >= 4 is 73.9 Å². The molecule has 0 aliphatic carbocycles. The van der Waals surface area contributed by atoms with E-state index in [9.17, 15) is 0 Å². The lowest BCUT2D eigenvalue weighted by Crippen LogP contribution is -2.59. The lowest BCUT2D eigenvalue weighted by molar-refractivity contribution is 0.443. The van der Waals surface area contributed by atoms with Gasteiger partial charge < -0.3 is 23.7 Å². The monoisotopic (exact) mass is 647 g/mol. The van der Waals surface area contributed by atoms with Crippen LogP contribution in [0.3, 0.4) is 0 Å². The summed E-state index contributed by atoms with van der Waals surface area (Å²) in [6.45, 7) is -0.0410. The third-order valence-corrected chi connectivity index (χ3v) is 11.2. The third kappa shape index (κ3) is 3.36. The molecule has 0 fully saturated rings. The molecule has 0 atom stereocenters. The Morgan fingerprint density at radius 2 is 1.16 bits per heavy atom. The average molecular weight is 648 g/mol. The molecule has 0 saturated carbocycles. The minimum Gasteiger partial charge on any atom is -0.458 e. The number of ether oxygens (including phenoxy) is 3. The SMILES string of the molecule is c1ccc(-n2c3ccccc3c3ncc4c(c32)N(c2cc3c5c(c2)Oc2cccc6c2B5c2c(cccc2O3)O6)c2ccccc2S4)cc1. The van der Waals surface area contributed by atoms with Crippen LogP contribution >= 0.6 is 11.8 Å².